The summed E-state index contributed by atoms with van der Waals surface area (Å²) in [6.45, 7) is -0.978. The van der Waals surface area contributed by atoms with E-state index < -0.39 is 43.5 Å². The van der Waals surface area contributed by atoms with Gasteiger partial charge in [0.1, 0.15) is 11.4 Å². The summed E-state index contributed by atoms with van der Waals surface area (Å²) in [5.41, 5.74) is 5.57. The van der Waals surface area contributed by atoms with Crippen molar-refractivity contribution in [1.29, 1.82) is 0 Å². The smallest absolute Gasteiger partial charge is 0.726 e. The van der Waals surface area contributed by atoms with Gasteiger partial charge in [0, 0.05) is 11.3 Å². The van der Waals surface area contributed by atoms with Crippen molar-refractivity contribution in [3.63, 3.8) is 0 Å². The quantitative estimate of drug-likeness (QED) is 0.0114. The predicted molar refractivity (Wildman–Crippen MR) is 159 cm³/mol. The molecule has 2 heterocycles. The number of nitrogens with zero attached hydrogens (tertiary/aromatic N) is 6. The first-order valence-electron chi connectivity index (χ1n) is 12.7. The third-order valence-electron chi connectivity index (χ3n) is 5.68. The summed E-state index contributed by atoms with van der Waals surface area (Å²) in [4.78, 5) is 23.2. The van der Waals surface area contributed by atoms with E-state index in [9.17, 15) is 41.8 Å². The maximum Gasteiger partial charge on any atom is 1.00 e. The van der Waals surface area contributed by atoms with Crippen LogP contribution in [0, 0.1) is 0 Å². The Bertz CT molecular complexity index is 2150. The van der Waals surface area contributed by atoms with Crippen LogP contribution < -0.4 is 149 Å². The average Bonchev–Trinajstić information content (AvgIpc) is 3.05. The van der Waals surface area contributed by atoms with Crippen LogP contribution in [-0.2, 0) is 43.2 Å². The fourth-order valence-corrected chi connectivity index (χ4v) is 6.08. The van der Waals surface area contributed by atoms with Gasteiger partial charge in [-0.05, 0) is 64.0 Å². The Balaban J connectivity index is 0.00000702. The van der Waals surface area contributed by atoms with E-state index in [2.05, 4.69) is 53.4 Å². The molecule has 0 amide bonds. The molecule has 0 bridgehead atoms. The van der Waals surface area contributed by atoms with Crippen LogP contribution in [0.3, 0.4) is 0 Å². The Morgan fingerprint density at radius 3 is 2.20 bits per heavy atom. The molecule has 3 N–H and O–H groups in total. The van der Waals surface area contributed by atoms with Gasteiger partial charge in [-0.1, -0.05) is 0 Å². The number of nitrogens with one attached hydrogen (secondary N) is 1. The number of sulfone groups is 1. The SMILES string of the molecule is Nc1cc(Nc2nc(Cl)nc(-[n+]3cccc(C(=O)[O-])c3)n2)c(N=Nc2cc(S(=O)(=O)CCOS(=O)(=O)[O-])ccc2SOO[O-])cc1SOO[O-].[Na+].[Na+].[Na+].[Na+]. The van der Waals surface area contributed by atoms with Crippen LogP contribution in [-0.4, -0.2) is 54.7 Å². The number of carbonyl (C=O) groups is 1. The second-order valence-corrected chi connectivity index (χ2v) is 13.8. The van der Waals surface area contributed by atoms with E-state index >= 15 is 0 Å². The minimum atomic E-state index is -5.16. The fraction of sp³-hybridized carbons (Fsp3) is 0.0870. The molecule has 4 aromatic rings. The average molecular weight is 884 g/mol. The van der Waals surface area contributed by atoms with E-state index in [0.29, 0.717) is 24.1 Å². The van der Waals surface area contributed by atoms with Crippen LogP contribution >= 0.6 is 35.7 Å². The Morgan fingerprint density at radius 2 is 1.57 bits per heavy atom. The topological polar surface area (TPSA) is 329 Å². The van der Waals surface area contributed by atoms with Crippen LogP contribution in [0.25, 0.3) is 5.95 Å². The molecule has 54 heavy (non-hydrogen) atoms. The number of hydrogen-bond acceptors (Lipinski definition) is 23. The molecule has 4 rings (SSSR count). The van der Waals surface area contributed by atoms with E-state index in [1.165, 1.54) is 35.0 Å². The molecule has 0 aliphatic rings. The van der Waals surface area contributed by atoms with Crippen LogP contribution in [0.1, 0.15) is 10.4 Å². The number of hydrogen-bond donors (Lipinski definition) is 2. The van der Waals surface area contributed by atoms with Crippen LogP contribution in [0.4, 0.5) is 28.7 Å². The first kappa shape index (κ1) is 53.8. The van der Waals surface area contributed by atoms with Crippen molar-refractivity contribution in [3.8, 4) is 5.95 Å². The summed E-state index contributed by atoms with van der Waals surface area (Å²) in [6.07, 6.45) is 2.59. The molecular weight excluding hydrogens is 868 g/mol. The second-order valence-electron chi connectivity index (χ2n) is 8.87. The van der Waals surface area contributed by atoms with E-state index in [1.54, 1.807) is 0 Å². The third-order valence-corrected chi connectivity index (χ3v) is 9.28. The second kappa shape index (κ2) is 25.4. The zero-order valence-corrected chi connectivity index (χ0v) is 40.1. The number of aromatic carboxylic acids is 1. The Labute approximate surface area is 407 Å². The van der Waals surface area contributed by atoms with Crippen molar-refractivity contribution < 1.29 is 188 Å². The number of anilines is 3. The third kappa shape index (κ3) is 16.6. The Hall–Kier alpha value is -0.160. The summed E-state index contributed by atoms with van der Waals surface area (Å²) in [5, 5.41) is 49.6. The number of pyridine rings is 1. The van der Waals surface area contributed by atoms with Crippen molar-refractivity contribution in [3.05, 3.63) is 65.7 Å². The van der Waals surface area contributed by atoms with Gasteiger partial charge in [0.15, 0.2) is 9.84 Å². The first-order chi connectivity index (χ1) is 23.7. The Morgan fingerprint density at radius 1 is 0.926 bits per heavy atom. The number of nitrogens with two attached hydrogens (primary N) is 1. The van der Waals surface area contributed by atoms with Gasteiger partial charge < -0.3 is 36.0 Å². The van der Waals surface area contributed by atoms with Gasteiger partial charge in [-0.3, -0.25) is 14.3 Å². The normalized spacial score (nSPS) is 11.1. The summed E-state index contributed by atoms with van der Waals surface area (Å²) in [7, 11) is -9.44. The maximum absolute atomic E-state index is 12.8. The first-order valence-corrected chi connectivity index (χ1v) is 17.5. The molecule has 31 heteroatoms. The van der Waals surface area contributed by atoms with Crippen LogP contribution in [0.5, 0.6) is 0 Å². The van der Waals surface area contributed by atoms with Crippen molar-refractivity contribution in [2.75, 3.05) is 23.4 Å². The van der Waals surface area contributed by atoms with Gasteiger partial charge in [0.25, 0.3) is 0 Å². The van der Waals surface area contributed by atoms with E-state index in [-0.39, 0.29) is 174 Å². The standard InChI is InChI=1S/C23H19ClN8O14S4.4Na/c24-21-27-22(29-23(28-21)32-5-1-2-12(11-32)20(33)34)26-15-9-14(25)19(48-46-44-36)10-16(15)30-31-17-8-13(3-4-18(17)47-45-43-35)49(37,38)7-6-42-50(39,40)41;;;;/h1-5,8-11H,6-7,25H2,(H4-,26,27,28,29,33,34,35,36,39,40,41);;;;/q;4*+1/p-3. The van der Waals surface area contributed by atoms with Crippen molar-refractivity contribution in [2.24, 2.45) is 10.2 Å². The molecule has 22 nitrogen and oxygen atoms in total. The molecule has 0 spiro atoms. The van der Waals surface area contributed by atoms with Crippen LogP contribution in [0.15, 0.2) is 79.8 Å². The number of carbonyl (C=O) groups excluding carboxylic acids is 1. The van der Waals surface area contributed by atoms with Crippen molar-refractivity contribution in [1.82, 2.24) is 15.0 Å². The van der Waals surface area contributed by atoms with E-state index in [0.717, 1.165) is 24.4 Å². The predicted octanol–water partition coefficient (Wildman–Crippen LogP) is -12.4. The maximum atomic E-state index is 12.8. The number of halogens is 1. The number of azo groups is 1. The van der Waals surface area contributed by atoms with E-state index in [1.807, 2.05) is 0 Å². The number of nitrogen functional groups attached to an aromatic ring is 1. The molecule has 0 atom stereocenters. The summed E-state index contributed by atoms with van der Waals surface area (Å²) < 4.78 is 71.6. The van der Waals surface area contributed by atoms with Gasteiger partial charge in [-0.25, -0.2) is 21.4 Å². The molecule has 0 unspecified atom stereocenters. The van der Waals surface area contributed by atoms with Gasteiger partial charge >= 0.3 is 135 Å². The summed E-state index contributed by atoms with van der Waals surface area (Å²) in [5.74, 6) is -2.72. The van der Waals surface area contributed by atoms with E-state index in [4.69, 9.17) is 17.3 Å². The fourth-order valence-electron chi connectivity index (χ4n) is 3.60. The summed E-state index contributed by atoms with van der Waals surface area (Å²) >= 11 is 6.82. The van der Waals surface area contributed by atoms with Gasteiger partial charge in [-0.2, -0.15) is 13.7 Å². The number of carboxylic acid groups (broad SMARTS) is 1. The monoisotopic (exact) mass is 883 g/mol. The van der Waals surface area contributed by atoms with Crippen molar-refractivity contribution >= 4 is 90.6 Å². The number of rotatable bonds is 17. The molecule has 0 aliphatic heterocycles. The number of benzene rings is 2. The minimum Gasteiger partial charge on any atom is -0.726 e. The summed E-state index contributed by atoms with van der Waals surface area (Å²) in [6, 6.07) is 8.39. The minimum absolute atomic E-state index is 0. The zero-order valence-electron chi connectivity index (χ0n) is 28.1. The van der Waals surface area contributed by atoms with Gasteiger partial charge in [-0.15, -0.1) is 10.2 Å². The molecule has 0 saturated carbocycles. The molecule has 2 aromatic carbocycles. The molecule has 2 aromatic heterocycles. The van der Waals surface area contributed by atoms with Gasteiger partial charge in [0.2, 0.25) is 10.4 Å². The molecule has 0 radical (unpaired) electrons. The molecule has 0 fully saturated rings. The molecule has 0 saturated heterocycles. The number of carboxylic acids is 1. The molecular formula is C23H16ClN8Na4O14S4+. The molecule has 0 aliphatic carbocycles. The zero-order chi connectivity index (χ0) is 36.5. The molecule has 266 valence electrons. The number of aromatic nitrogens is 4. The van der Waals surface area contributed by atoms with Crippen molar-refractivity contribution in [2.45, 2.75) is 14.7 Å². The largest absolute Gasteiger partial charge is 1.00 e. The van der Waals surface area contributed by atoms with Gasteiger partial charge in [0.05, 0.1) is 75.2 Å². The van der Waals surface area contributed by atoms with Crippen LogP contribution in [0.2, 0.25) is 5.28 Å². The Kier molecular flexibility index (Phi) is 25.3.